The summed E-state index contributed by atoms with van der Waals surface area (Å²) in [6.07, 6.45) is 9.42. The van der Waals surface area contributed by atoms with E-state index in [4.69, 9.17) is 9.72 Å². The monoisotopic (exact) mass is 598 g/mol. The van der Waals surface area contributed by atoms with Crippen LogP contribution >= 0.6 is 0 Å². The zero-order valence-corrected chi connectivity index (χ0v) is 26.4. The van der Waals surface area contributed by atoms with Gasteiger partial charge in [-0.05, 0) is 56.1 Å². The van der Waals surface area contributed by atoms with Crippen molar-refractivity contribution in [2.75, 3.05) is 6.54 Å². The number of aromatic amines is 2. The molecule has 0 saturated heterocycles. The number of aromatic nitrogens is 5. The normalized spacial score (nSPS) is 14.7. The maximum absolute atomic E-state index is 6.85. The molecule has 7 rings (SSSR count). The quantitative estimate of drug-likeness (QED) is 0.123. The van der Waals surface area contributed by atoms with Crippen molar-refractivity contribution < 1.29 is 4.74 Å². The largest absolute Gasteiger partial charge is 0.465 e. The van der Waals surface area contributed by atoms with Crippen molar-refractivity contribution in [3.05, 3.63) is 102 Å². The van der Waals surface area contributed by atoms with Gasteiger partial charge >= 0.3 is 0 Å². The van der Waals surface area contributed by atoms with Crippen molar-refractivity contribution >= 4 is 10.9 Å². The highest BCUT2D eigenvalue weighted by Crippen LogP contribution is 2.45. The topological polar surface area (TPSA) is 83.5 Å². The van der Waals surface area contributed by atoms with Crippen molar-refractivity contribution in [1.29, 1.82) is 0 Å². The lowest BCUT2D eigenvalue weighted by atomic mass is 9.99. The van der Waals surface area contributed by atoms with Gasteiger partial charge in [-0.15, -0.1) is 0 Å². The Kier molecular flexibility index (Phi) is 8.27. The van der Waals surface area contributed by atoms with Gasteiger partial charge in [0.15, 0.2) is 0 Å². The van der Waals surface area contributed by atoms with Crippen LogP contribution in [0.15, 0.2) is 85.2 Å². The number of unbranched alkanes of at least 4 members (excludes halogenated alkanes) is 1. The third kappa shape index (κ3) is 5.69. The molecule has 0 fully saturated rings. The van der Waals surface area contributed by atoms with Gasteiger partial charge in [0.25, 0.3) is 0 Å². The number of benzene rings is 3. The molecule has 4 heterocycles. The van der Waals surface area contributed by atoms with Crippen molar-refractivity contribution in [3.8, 4) is 39.5 Å². The van der Waals surface area contributed by atoms with Gasteiger partial charge in [0.1, 0.15) is 17.4 Å². The fraction of sp³-hybridized carbons (Fsp3) is 0.316. The first-order chi connectivity index (χ1) is 22.2. The van der Waals surface area contributed by atoms with E-state index in [-0.39, 0.29) is 6.23 Å². The standard InChI is InChI=1S/C38H42N6O/c1-4-7-11-25(6-3)37-41-23-32(43-37)27-15-17-33-29(19-27)20-34-30-16-14-28(31-22-40-36(42-31)24-39-18-5-2)21-35(30)45-38(44(33)34)26-12-9-8-10-13-26/h8-10,12-17,19-23,25,38-39H,4-7,11,18,24H2,1-3H3,(H,40,42)(H,41,43)/t25-,38-/m0/s1. The average Bonchev–Trinajstić information content (AvgIpc) is 3.84. The maximum atomic E-state index is 6.85. The van der Waals surface area contributed by atoms with E-state index in [1.165, 1.54) is 24.6 Å². The molecule has 45 heavy (non-hydrogen) atoms. The van der Waals surface area contributed by atoms with Crippen LogP contribution in [0.2, 0.25) is 0 Å². The molecule has 0 saturated carbocycles. The van der Waals surface area contributed by atoms with Gasteiger partial charge in [0.05, 0.1) is 41.5 Å². The van der Waals surface area contributed by atoms with Crippen LogP contribution in [0.25, 0.3) is 44.7 Å². The van der Waals surface area contributed by atoms with E-state index in [2.05, 4.69) is 118 Å². The number of fused-ring (bicyclic) bond motifs is 5. The van der Waals surface area contributed by atoms with Crippen molar-refractivity contribution in [2.24, 2.45) is 0 Å². The molecule has 0 bridgehead atoms. The predicted molar refractivity (Wildman–Crippen MR) is 182 cm³/mol. The molecule has 2 atom stereocenters. The van der Waals surface area contributed by atoms with E-state index < -0.39 is 0 Å². The lowest BCUT2D eigenvalue weighted by Crippen LogP contribution is -2.22. The van der Waals surface area contributed by atoms with Crippen LogP contribution in [-0.4, -0.2) is 31.0 Å². The summed E-state index contributed by atoms with van der Waals surface area (Å²) in [5.41, 5.74) is 8.73. The summed E-state index contributed by atoms with van der Waals surface area (Å²) in [7, 11) is 0. The molecule has 3 N–H and O–H groups in total. The zero-order valence-electron chi connectivity index (χ0n) is 26.4. The van der Waals surface area contributed by atoms with Crippen LogP contribution < -0.4 is 10.1 Å². The first-order valence-corrected chi connectivity index (χ1v) is 16.5. The Morgan fingerprint density at radius 3 is 2.49 bits per heavy atom. The fourth-order valence-corrected chi connectivity index (χ4v) is 6.53. The second-order valence-corrected chi connectivity index (χ2v) is 12.1. The molecular formula is C38H42N6O. The van der Waals surface area contributed by atoms with Crippen molar-refractivity contribution in [2.45, 2.75) is 71.6 Å². The van der Waals surface area contributed by atoms with Crippen LogP contribution in [0.3, 0.4) is 0 Å². The number of nitrogens with one attached hydrogen (secondary N) is 3. The van der Waals surface area contributed by atoms with E-state index in [0.29, 0.717) is 5.92 Å². The van der Waals surface area contributed by atoms with Crippen LogP contribution in [0.4, 0.5) is 0 Å². The van der Waals surface area contributed by atoms with E-state index in [9.17, 15) is 0 Å². The Morgan fingerprint density at radius 1 is 0.867 bits per heavy atom. The zero-order chi connectivity index (χ0) is 30.8. The van der Waals surface area contributed by atoms with E-state index in [1.54, 1.807) is 0 Å². The number of ether oxygens (including phenoxy) is 1. The Bertz CT molecular complexity index is 1900. The molecule has 0 unspecified atom stereocenters. The highest BCUT2D eigenvalue weighted by atomic mass is 16.5. The summed E-state index contributed by atoms with van der Waals surface area (Å²) in [4.78, 5) is 16.5. The number of nitrogens with zero attached hydrogens (tertiary/aromatic N) is 3. The summed E-state index contributed by atoms with van der Waals surface area (Å²) >= 11 is 0. The molecule has 0 aliphatic carbocycles. The summed E-state index contributed by atoms with van der Waals surface area (Å²) in [5.74, 6) is 3.38. The average molecular weight is 599 g/mol. The fourth-order valence-electron chi connectivity index (χ4n) is 6.53. The first-order valence-electron chi connectivity index (χ1n) is 16.5. The number of imidazole rings is 2. The summed E-state index contributed by atoms with van der Waals surface area (Å²) in [5, 5.41) is 4.59. The van der Waals surface area contributed by atoms with Gasteiger partial charge in [0, 0.05) is 33.6 Å². The highest BCUT2D eigenvalue weighted by Gasteiger charge is 2.29. The molecule has 3 aromatic carbocycles. The van der Waals surface area contributed by atoms with Crippen LogP contribution in [0.1, 0.15) is 82.2 Å². The number of hydrogen-bond donors (Lipinski definition) is 3. The molecule has 0 spiro atoms. The number of rotatable bonds is 12. The molecule has 230 valence electrons. The van der Waals surface area contributed by atoms with Gasteiger partial charge in [0.2, 0.25) is 6.23 Å². The Morgan fingerprint density at radius 2 is 1.67 bits per heavy atom. The molecule has 7 heteroatoms. The number of H-pyrrole nitrogens is 2. The van der Waals surface area contributed by atoms with Gasteiger partial charge < -0.3 is 24.6 Å². The van der Waals surface area contributed by atoms with Gasteiger partial charge in [-0.3, -0.25) is 0 Å². The first kappa shape index (κ1) is 29.1. The van der Waals surface area contributed by atoms with Crippen LogP contribution in [-0.2, 0) is 6.54 Å². The third-order valence-corrected chi connectivity index (χ3v) is 9.01. The molecule has 0 amide bonds. The minimum Gasteiger partial charge on any atom is -0.465 e. The minimum atomic E-state index is -0.287. The predicted octanol–water partition coefficient (Wildman–Crippen LogP) is 9.21. The molecule has 0 radical (unpaired) electrons. The lowest BCUT2D eigenvalue weighted by molar-refractivity contribution is 0.173. The maximum Gasteiger partial charge on any atom is 0.203 e. The summed E-state index contributed by atoms with van der Waals surface area (Å²) in [6.45, 7) is 8.37. The SMILES string of the molecule is CCCC[C@H](CC)c1ncc(-c2ccc3c(c2)cc2n3[C@H](c3ccccc3)Oc3cc(-c4cnc(CNCCC)[nH]4)ccc3-2)[nH]1. The molecule has 1 aliphatic heterocycles. The smallest absolute Gasteiger partial charge is 0.203 e. The summed E-state index contributed by atoms with van der Waals surface area (Å²) in [6, 6.07) is 26.0. The molecular weight excluding hydrogens is 556 g/mol. The second-order valence-electron chi connectivity index (χ2n) is 12.1. The Hall–Kier alpha value is -4.62. The van der Waals surface area contributed by atoms with E-state index in [0.717, 1.165) is 88.2 Å². The van der Waals surface area contributed by atoms with Gasteiger partial charge in [-0.2, -0.15) is 0 Å². The number of hydrogen-bond acceptors (Lipinski definition) is 4. The minimum absolute atomic E-state index is 0.287. The van der Waals surface area contributed by atoms with Gasteiger partial charge in [-0.1, -0.05) is 76.1 Å². The van der Waals surface area contributed by atoms with Crippen molar-refractivity contribution in [1.82, 2.24) is 29.8 Å². The lowest BCUT2D eigenvalue weighted by Gasteiger charge is -2.30. The molecule has 6 aromatic rings. The van der Waals surface area contributed by atoms with Crippen LogP contribution in [0, 0.1) is 0 Å². The molecule has 1 aliphatic rings. The van der Waals surface area contributed by atoms with Gasteiger partial charge in [-0.25, -0.2) is 9.97 Å². The second kappa shape index (κ2) is 12.8. The summed E-state index contributed by atoms with van der Waals surface area (Å²) < 4.78 is 9.18. The highest BCUT2D eigenvalue weighted by molar-refractivity contribution is 5.92. The Labute approximate surface area is 265 Å². The molecule has 3 aromatic heterocycles. The van der Waals surface area contributed by atoms with Crippen molar-refractivity contribution in [3.63, 3.8) is 0 Å². The van der Waals surface area contributed by atoms with E-state index in [1.807, 2.05) is 12.4 Å². The van der Waals surface area contributed by atoms with E-state index >= 15 is 0 Å². The molecule has 7 nitrogen and oxygen atoms in total. The van der Waals surface area contributed by atoms with Crippen LogP contribution in [0.5, 0.6) is 5.75 Å². The Balaban J connectivity index is 1.27. The third-order valence-electron chi connectivity index (χ3n) is 9.01.